The normalized spacial score (nSPS) is 12.1. The molecule has 1 atom stereocenters. The molecule has 2 rings (SSSR count). The smallest absolute Gasteiger partial charge is 0.312 e. The fourth-order valence-electron chi connectivity index (χ4n) is 1.52. The predicted octanol–water partition coefficient (Wildman–Crippen LogP) is 3.42. The van der Waals surface area contributed by atoms with Crippen LogP contribution in [0.25, 0.3) is 0 Å². The first kappa shape index (κ1) is 13.9. The molecule has 2 aromatic heterocycles. The zero-order chi connectivity index (χ0) is 13.8. The Labute approximate surface area is 122 Å². The first-order valence-corrected chi connectivity index (χ1v) is 7.18. The van der Waals surface area contributed by atoms with Gasteiger partial charge >= 0.3 is 5.69 Å². The molecular weight excluding hydrogens is 332 g/mol. The van der Waals surface area contributed by atoms with Gasteiger partial charge < -0.3 is 5.32 Å². The van der Waals surface area contributed by atoms with Crippen LogP contribution in [0, 0.1) is 10.1 Å². The Hall–Kier alpha value is -1.54. The molecule has 0 aliphatic rings. The molecule has 0 spiro atoms. The van der Waals surface area contributed by atoms with Crippen molar-refractivity contribution in [2.75, 3.05) is 11.9 Å². The number of rotatable bonds is 5. The van der Waals surface area contributed by atoms with E-state index in [1.54, 1.807) is 17.5 Å². The molecule has 0 saturated heterocycles. The fourth-order valence-corrected chi connectivity index (χ4v) is 2.54. The number of anilines is 1. The van der Waals surface area contributed by atoms with Gasteiger partial charge in [0.15, 0.2) is 0 Å². The lowest BCUT2D eigenvalue weighted by atomic mass is 10.2. The van der Waals surface area contributed by atoms with Crippen LogP contribution in [0.4, 0.5) is 11.5 Å². The molecule has 0 aliphatic carbocycles. The van der Waals surface area contributed by atoms with E-state index >= 15 is 0 Å². The maximum absolute atomic E-state index is 10.9. The van der Waals surface area contributed by atoms with Gasteiger partial charge in [0, 0.05) is 40.8 Å². The van der Waals surface area contributed by atoms with Gasteiger partial charge in [0.25, 0.3) is 0 Å². The van der Waals surface area contributed by atoms with Crippen LogP contribution in [0.2, 0.25) is 0 Å². The number of pyridine rings is 1. The number of nitrogens with one attached hydrogen (secondary N) is 1. The molecule has 1 N–H and O–H groups in total. The highest BCUT2D eigenvalue weighted by Crippen LogP contribution is 2.26. The molecule has 0 saturated carbocycles. The molecule has 0 aliphatic heterocycles. The Morgan fingerprint density at radius 1 is 1.58 bits per heavy atom. The maximum Gasteiger partial charge on any atom is 0.312 e. The summed E-state index contributed by atoms with van der Waals surface area (Å²) in [6.07, 6.45) is 3.28. The highest BCUT2D eigenvalue weighted by Gasteiger charge is 2.17. The van der Waals surface area contributed by atoms with Crippen LogP contribution in [0.3, 0.4) is 0 Å². The van der Waals surface area contributed by atoms with Crippen LogP contribution in [-0.4, -0.2) is 21.4 Å². The van der Waals surface area contributed by atoms with Crippen molar-refractivity contribution >= 4 is 38.8 Å². The van der Waals surface area contributed by atoms with E-state index in [0.717, 1.165) is 5.01 Å². The highest BCUT2D eigenvalue weighted by atomic mass is 79.9. The fraction of sp³-hybridized carbons (Fsp3) is 0.273. The van der Waals surface area contributed by atoms with Crippen molar-refractivity contribution in [2.45, 2.75) is 12.8 Å². The standard InChI is InChI=1S/C11H11BrN4O2S/c1-7(11-13-2-3-19-11)5-14-10-9(16(17)18)4-8(12)6-15-10/h2-4,6-7H,5H2,1H3,(H,14,15). The second kappa shape index (κ2) is 6.07. The number of hydrogen-bond acceptors (Lipinski definition) is 6. The van der Waals surface area contributed by atoms with Crippen molar-refractivity contribution in [3.63, 3.8) is 0 Å². The van der Waals surface area contributed by atoms with E-state index in [4.69, 9.17) is 0 Å². The number of hydrogen-bond donors (Lipinski definition) is 1. The third-order valence-corrected chi connectivity index (χ3v) is 3.92. The van der Waals surface area contributed by atoms with E-state index in [1.807, 2.05) is 12.3 Å². The second-order valence-corrected chi connectivity index (χ2v) is 5.77. The van der Waals surface area contributed by atoms with Crippen molar-refractivity contribution in [1.82, 2.24) is 9.97 Å². The summed E-state index contributed by atoms with van der Waals surface area (Å²) >= 11 is 4.74. The molecule has 6 nitrogen and oxygen atoms in total. The largest absolute Gasteiger partial charge is 0.364 e. The number of nitrogens with zero attached hydrogens (tertiary/aromatic N) is 3. The predicted molar refractivity (Wildman–Crippen MR) is 77.6 cm³/mol. The van der Waals surface area contributed by atoms with E-state index in [1.165, 1.54) is 12.3 Å². The Balaban J connectivity index is 2.09. The van der Waals surface area contributed by atoms with Crippen molar-refractivity contribution in [2.24, 2.45) is 0 Å². The maximum atomic E-state index is 10.9. The summed E-state index contributed by atoms with van der Waals surface area (Å²) in [6, 6.07) is 1.43. The first-order valence-electron chi connectivity index (χ1n) is 5.51. The molecule has 0 aromatic carbocycles. The van der Waals surface area contributed by atoms with E-state index in [9.17, 15) is 10.1 Å². The van der Waals surface area contributed by atoms with Crippen LogP contribution >= 0.6 is 27.3 Å². The third kappa shape index (κ3) is 3.48. The SMILES string of the molecule is CC(CNc1ncc(Br)cc1[N+](=O)[O-])c1nccs1. The summed E-state index contributed by atoms with van der Waals surface area (Å²) in [7, 11) is 0. The molecule has 8 heteroatoms. The van der Waals surface area contributed by atoms with E-state index in [-0.39, 0.29) is 17.4 Å². The Bertz CT molecular complexity index is 576. The Kier molecular flexibility index (Phi) is 4.43. The summed E-state index contributed by atoms with van der Waals surface area (Å²) in [5.74, 6) is 0.446. The topological polar surface area (TPSA) is 81.0 Å². The van der Waals surface area contributed by atoms with Gasteiger partial charge in [-0.25, -0.2) is 9.97 Å². The lowest BCUT2D eigenvalue weighted by molar-refractivity contribution is -0.384. The molecule has 2 aromatic rings. The van der Waals surface area contributed by atoms with Crippen LogP contribution in [0.1, 0.15) is 17.8 Å². The summed E-state index contributed by atoms with van der Waals surface area (Å²) in [5, 5.41) is 16.8. The van der Waals surface area contributed by atoms with Crippen LogP contribution in [0.5, 0.6) is 0 Å². The van der Waals surface area contributed by atoms with Gasteiger partial charge in [-0.2, -0.15) is 0 Å². The van der Waals surface area contributed by atoms with Gasteiger partial charge in [-0.05, 0) is 15.9 Å². The molecule has 0 fully saturated rings. The number of nitro groups is 1. The second-order valence-electron chi connectivity index (χ2n) is 3.93. The van der Waals surface area contributed by atoms with Crippen molar-refractivity contribution < 1.29 is 4.92 Å². The lowest BCUT2D eigenvalue weighted by Gasteiger charge is -2.10. The van der Waals surface area contributed by atoms with Crippen LogP contribution < -0.4 is 5.32 Å². The molecule has 100 valence electrons. The first-order chi connectivity index (χ1) is 9.08. The van der Waals surface area contributed by atoms with Crippen molar-refractivity contribution in [1.29, 1.82) is 0 Å². The number of thiazole rings is 1. The quantitative estimate of drug-likeness (QED) is 0.664. The van der Waals surface area contributed by atoms with Gasteiger partial charge in [0.1, 0.15) is 0 Å². The van der Waals surface area contributed by atoms with Gasteiger partial charge in [0.2, 0.25) is 5.82 Å². The van der Waals surface area contributed by atoms with E-state index in [0.29, 0.717) is 11.0 Å². The van der Waals surface area contributed by atoms with Crippen molar-refractivity contribution in [3.8, 4) is 0 Å². The van der Waals surface area contributed by atoms with Gasteiger partial charge in [-0.1, -0.05) is 6.92 Å². The average molecular weight is 343 g/mol. The summed E-state index contributed by atoms with van der Waals surface area (Å²) in [5.41, 5.74) is -0.0410. The molecular formula is C11H11BrN4O2S. The molecule has 1 unspecified atom stereocenters. The minimum atomic E-state index is -0.450. The van der Waals surface area contributed by atoms with Gasteiger partial charge in [-0.15, -0.1) is 11.3 Å². The summed E-state index contributed by atoms with van der Waals surface area (Å²) in [4.78, 5) is 18.7. The van der Waals surface area contributed by atoms with Crippen LogP contribution in [0.15, 0.2) is 28.3 Å². The van der Waals surface area contributed by atoms with Gasteiger partial charge in [0.05, 0.1) is 9.93 Å². The minimum Gasteiger partial charge on any atom is -0.364 e. The number of aromatic nitrogens is 2. The van der Waals surface area contributed by atoms with Gasteiger partial charge in [-0.3, -0.25) is 10.1 Å². The summed E-state index contributed by atoms with van der Waals surface area (Å²) < 4.78 is 0.581. The molecule has 19 heavy (non-hydrogen) atoms. The average Bonchev–Trinajstić information content (AvgIpc) is 2.90. The Morgan fingerprint density at radius 3 is 3.00 bits per heavy atom. The van der Waals surface area contributed by atoms with Crippen molar-refractivity contribution in [3.05, 3.63) is 43.4 Å². The minimum absolute atomic E-state index is 0.0410. The molecule has 0 amide bonds. The Morgan fingerprint density at radius 2 is 2.37 bits per heavy atom. The number of halogens is 1. The summed E-state index contributed by atoms with van der Waals surface area (Å²) in [6.45, 7) is 2.56. The zero-order valence-electron chi connectivity index (χ0n) is 10.0. The third-order valence-electron chi connectivity index (χ3n) is 2.48. The van der Waals surface area contributed by atoms with E-state index in [2.05, 4.69) is 31.2 Å². The molecule has 0 radical (unpaired) electrons. The lowest BCUT2D eigenvalue weighted by Crippen LogP contribution is -2.12. The zero-order valence-corrected chi connectivity index (χ0v) is 12.4. The molecule has 0 bridgehead atoms. The molecule has 2 heterocycles. The highest BCUT2D eigenvalue weighted by molar-refractivity contribution is 9.10. The van der Waals surface area contributed by atoms with E-state index < -0.39 is 4.92 Å². The van der Waals surface area contributed by atoms with Crippen LogP contribution in [-0.2, 0) is 0 Å². The monoisotopic (exact) mass is 342 g/mol.